The second kappa shape index (κ2) is 9.99. The van der Waals surface area contributed by atoms with Crippen molar-refractivity contribution in [1.82, 2.24) is 14.8 Å². The molecule has 34 heavy (non-hydrogen) atoms. The Kier molecular flexibility index (Phi) is 6.67. The van der Waals surface area contributed by atoms with Crippen LogP contribution in [0.15, 0.2) is 57.7 Å². The lowest BCUT2D eigenvalue weighted by atomic mass is 10.2. The van der Waals surface area contributed by atoms with Gasteiger partial charge in [-0.1, -0.05) is 6.07 Å². The van der Waals surface area contributed by atoms with E-state index < -0.39 is 5.97 Å². The quantitative estimate of drug-likeness (QED) is 0.343. The Morgan fingerprint density at radius 3 is 2.79 bits per heavy atom. The van der Waals surface area contributed by atoms with Crippen LogP contribution in [0.25, 0.3) is 17.7 Å². The summed E-state index contributed by atoms with van der Waals surface area (Å²) < 4.78 is 29.7. The van der Waals surface area contributed by atoms with Crippen molar-refractivity contribution < 1.29 is 32.9 Å². The highest BCUT2D eigenvalue weighted by Crippen LogP contribution is 2.30. The number of hydrogen-bond donors (Lipinski definition) is 1. The highest BCUT2D eigenvalue weighted by atomic mass is 16.5. The minimum Gasteiger partial charge on any atom is -0.493 e. The molecule has 1 N–H and O–H groups in total. The molecular weight excluding hydrogens is 442 g/mol. The summed E-state index contributed by atoms with van der Waals surface area (Å²) in [7, 11) is 3.28. The summed E-state index contributed by atoms with van der Waals surface area (Å²) in [5.41, 5.74) is 2.03. The van der Waals surface area contributed by atoms with Crippen molar-refractivity contribution in [3.8, 4) is 29.0 Å². The van der Waals surface area contributed by atoms with E-state index in [2.05, 4.69) is 10.1 Å². The third-order valence-electron chi connectivity index (χ3n) is 4.82. The minimum absolute atomic E-state index is 0.190. The number of carboxylic acids is 1. The van der Waals surface area contributed by atoms with E-state index in [9.17, 15) is 4.79 Å². The van der Waals surface area contributed by atoms with Crippen LogP contribution in [0, 0.1) is 6.92 Å². The topological polar surface area (TPSA) is 122 Å². The molecule has 3 heterocycles. The Morgan fingerprint density at radius 2 is 2.06 bits per heavy atom. The van der Waals surface area contributed by atoms with Gasteiger partial charge in [0.2, 0.25) is 5.88 Å². The first kappa shape index (κ1) is 22.7. The van der Waals surface area contributed by atoms with Crippen molar-refractivity contribution in [2.75, 3.05) is 7.11 Å². The Hall–Kier alpha value is -4.47. The zero-order valence-corrected chi connectivity index (χ0v) is 18.8. The Balaban J connectivity index is 1.42. The number of benzene rings is 1. The van der Waals surface area contributed by atoms with Crippen LogP contribution in [-0.2, 0) is 25.1 Å². The largest absolute Gasteiger partial charge is 0.493 e. The van der Waals surface area contributed by atoms with Gasteiger partial charge in [0.25, 0.3) is 5.89 Å². The maximum atomic E-state index is 10.8. The van der Waals surface area contributed by atoms with Crippen molar-refractivity contribution in [2.45, 2.75) is 20.1 Å². The number of furan rings is 1. The molecule has 0 fully saturated rings. The highest BCUT2D eigenvalue weighted by Gasteiger charge is 2.15. The molecule has 10 nitrogen and oxygen atoms in total. The maximum absolute atomic E-state index is 10.8. The predicted octanol–water partition coefficient (Wildman–Crippen LogP) is 4.24. The number of carboxylic acid groups (broad SMARTS) is 1. The summed E-state index contributed by atoms with van der Waals surface area (Å²) in [5.74, 6) is 1.93. The Labute approximate surface area is 195 Å². The fraction of sp³-hybridized carbons (Fsp3) is 0.208. The van der Waals surface area contributed by atoms with Gasteiger partial charge in [-0.15, -0.1) is 5.10 Å². The van der Waals surface area contributed by atoms with Crippen LogP contribution in [0.3, 0.4) is 0 Å². The van der Waals surface area contributed by atoms with E-state index >= 15 is 0 Å². The fourth-order valence-corrected chi connectivity index (χ4v) is 3.16. The van der Waals surface area contributed by atoms with Crippen LogP contribution in [-0.4, -0.2) is 33.0 Å². The number of methoxy groups -OCH3 is 1. The average molecular weight is 465 g/mol. The molecule has 0 bridgehead atoms. The fourth-order valence-electron chi connectivity index (χ4n) is 3.16. The lowest BCUT2D eigenvalue weighted by Gasteiger charge is -2.12. The van der Waals surface area contributed by atoms with Gasteiger partial charge in [0.1, 0.15) is 24.7 Å². The van der Waals surface area contributed by atoms with Crippen LogP contribution in [0.1, 0.15) is 22.6 Å². The Bertz CT molecular complexity index is 1300. The van der Waals surface area contributed by atoms with E-state index in [0.29, 0.717) is 46.0 Å². The van der Waals surface area contributed by atoms with E-state index in [0.717, 1.165) is 11.6 Å². The molecule has 10 heteroatoms. The van der Waals surface area contributed by atoms with Crippen LogP contribution < -0.4 is 14.2 Å². The first-order valence-corrected chi connectivity index (χ1v) is 10.3. The number of aliphatic carboxylic acids is 1. The van der Waals surface area contributed by atoms with Gasteiger partial charge in [-0.2, -0.15) is 0 Å². The first-order chi connectivity index (χ1) is 16.4. The number of rotatable bonds is 10. The van der Waals surface area contributed by atoms with Crippen LogP contribution in [0.2, 0.25) is 0 Å². The molecule has 0 atom stereocenters. The van der Waals surface area contributed by atoms with Crippen molar-refractivity contribution in [2.24, 2.45) is 7.05 Å². The van der Waals surface area contributed by atoms with Gasteiger partial charge >= 0.3 is 5.97 Å². The monoisotopic (exact) mass is 465 g/mol. The van der Waals surface area contributed by atoms with E-state index in [-0.39, 0.29) is 13.2 Å². The number of nitrogens with zero attached hydrogens (tertiary/aromatic N) is 3. The molecule has 0 amide bonds. The molecule has 0 aliphatic carbocycles. The second-order valence-electron chi connectivity index (χ2n) is 7.30. The zero-order valence-electron chi connectivity index (χ0n) is 18.8. The van der Waals surface area contributed by atoms with E-state index in [1.54, 1.807) is 55.6 Å². The van der Waals surface area contributed by atoms with Crippen LogP contribution in [0.5, 0.6) is 17.4 Å². The molecule has 176 valence electrons. The van der Waals surface area contributed by atoms with E-state index in [1.807, 2.05) is 13.0 Å². The standard InChI is InChI=1S/C24H23N3O7/c1-15-18(25-24(34-15)20-5-4-10-31-20)14-32-19-8-6-16(11-21(19)30-3)13-33-23-17(7-9-22(28)29)12-27(2)26-23/h4-12H,13-14H2,1-3H3,(H,28,29). The first-order valence-electron chi connectivity index (χ1n) is 10.3. The normalized spacial score (nSPS) is 11.1. The van der Waals surface area contributed by atoms with Gasteiger partial charge in [-0.05, 0) is 42.8 Å². The molecule has 0 aliphatic heterocycles. The van der Waals surface area contributed by atoms with Gasteiger partial charge in [0.05, 0.1) is 18.9 Å². The van der Waals surface area contributed by atoms with Crippen molar-refractivity contribution in [1.29, 1.82) is 0 Å². The molecule has 4 aromatic rings. The Morgan fingerprint density at radius 1 is 1.21 bits per heavy atom. The van der Waals surface area contributed by atoms with E-state index in [1.165, 1.54) is 6.08 Å². The molecule has 0 saturated carbocycles. The molecule has 0 radical (unpaired) electrons. The number of aryl methyl sites for hydroxylation is 2. The van der Waals surface area contributed by atoms with Crippen LogP contribution >= 0.6 is 0 Å². The highest BCUT2D eigenvalue weighted by molar-refractivity contribution is 5.85. The van der Waals surface area contributed by atoms with Gasteiger partial charge in [0, 0.05) is 19.3 Å². The molecule has 0 unspecified atom stereocenters. The third-order valence-corrected chi connectivity index (χ3v) is 4.82. The minimum atomic E-state index is -1.05. The van der Waals surface area contributed by atoms with E-state index in [4.69, 9.17) is 28.2 Å². The lowest BCUT2D eigenvalue weighted by Crippen LogP contribution is -2.02. The summed E-state index contributed by atoms with van der Waals surface area (Å²) >= 11 is 0. The summed E-state index contributed by atoms with van der Waals surface area (Å²) in [6.45, 7) is 2.21. The lowest BCUT2D eigenvalue weighted by molar-refractivity contribution is -0.131. The van der Waals surface area contributed by atoms with Crippen LogP contribution in [0.4, 0.5) is 0 Å². The number of carbonyl (C=O) groups is 1. The predicted molar refractivity (Wildman–Crippen MR) is 120 cm³/mol. The summed E-state index contributed by atoms with van der Waals surface area (Å²) in [6.07, 6.45) is 5.71. The number of aromatic nitrogens is 3. The summed E-state index contributed by atoms with van der Waals surface area (Å²) in [6, 6.07) is 8.97. The smallest absolute Gasteiger partial charge is 0.328 e. The summed E-state index contributed by atoms with van der Waals surface area (Å²) in [4.78, 5) is 15.2. The number of hydrogen-bond acceptors (Lipinski definition) is 8. The molecule has 3 aromatic heterocycles. The molecule has 4 rings (SSSR count). The molecule has 0 aliphatic rings. The molecule has 0 spiro atoms. The van der Waals surface area contributed by atoms with Gasteiger partial charge in [-0.3, -0.25) is 4.68 Å². The summed E-state index contributed by atoms with van der Waals surface area (Å²) in [5, 5.41) is 13.1. The molecule has 1 aromatic carbocycles. The van der Waals surface area contributed by atoms with Gasteiger partial charge in [0.15, 0.2) is 17.3 Å². The maximum Gasteiger partial charge on any atom is 0.328 e. The van der Waals surface area contributed by atoms with Crippen molar-refractivity contribution in [3.05, 3.63) is 71.4 Å². The average Bonchev–Trinajstić information content (AvgIpc) is 3.55. The second-order valence-corrected chi connectivity index (χ2v) is 7.30. The van der Waals surface area contributed by atoms with Crippen molar-refractivity contribution in [3.63, 3.8) is 0 Å². The number of ether oxygens (including phenoxy) is 3. The number of oxazole rings is 1. The molecular formula is C24H23N3O7. The SMILES string of the molecule is COc1cc(COc2nn(C)cc2C=CC(=O)O)ccc1OCc1nc(-c2ccco2)oc1C. The zero-order chi connectivity index (χ0) is 24.1. The molecule has 0 saturated heterocycles. The third kappa shape index (κ3) is 5.29. The van der Waals surface area contributed by atoms with Gasteiger partial charge < -0.3 is 28.2 Å². The van der Waals surface area contributed by atoms with Crippen molar-refractivity contribution >= 4 is 12.0 Å². The van der Waals surface area contributed by atoms with Gasteiger partial charge in [-0.25, -0.2) is 9.78 Å².